The Morgan fingerprint density at radius 2 is 1.09 bits per heavy atom. The van der Waals surface area contributed by atoms with E-state index in [1.165, 1.54) is 0 Å². The monoisotopic (exact) mass is 310 g/mol. The van der Waals surface area contributed by atoms with Crippen molar-refractivity contribution in [3.8, 4) is 0 Å². The van der Waals surface area contributed by atoms with Gasteiger partial charge in [0.2, 0.25) is 0 Å². The van der Waals surface area contributed by atoms with Crippen molar-refractivity contribution < 1.29 is 9.59 Å². The minimum Gasteiger partial charge on any atom is -0.336 e. The molecule has 0 aromatic carbocycles. The SMILES string of the molecule is CC/C(C)=N/C(=O)NCCCCCCNC(=O)/N=C(\C)CC. The third-order valence-corrected chi connectivity index (χ3v) is 3.26. The van der Waals surface area contributed by atoms with Gasteiger partial charge in [0.15, 0.2) is 0 Å². The average molecular weight is 310 g/mol. The molecule has 0 atom stereocenters. The summed E-state index contributed by atoms with van der Waals surface area (Å²) >= 11 is 0. The Bertz CT molecular complexity index is 365. The first kappa shape index (κ1) is 20.3. The van der Waals surface area contributed by atoms with Gasteiger partial charge in [-0.3, -0.25) is 0 Å². The van der Waals surface area contributed by atoms with Crippen molar-refractivity contribution in [2.45, 2.75) is 66.2 Å². The molecule has 0 aromatic rings. The van der Waals surface area contributed by atoms with Crippen LogP contribution in [0, 0.1) is 0 Å². The van der Waals surface area contributed by atoms with E-state index in [4.69, 9.17) is 0 Å². The molecule has 0 spiro atoms. The number of carbonyl (C=O) groups is 2. The van der Waals surface area contributed by atoms with E-state index in [2.05, 4.69) is 20.6 Å². The zero-order valence-electron chi connectivity index (χ0n) is 14.4. The fourth-order valence-electron chi connectivity index (χ4n) is 1.58. The minimum absolute atomic E-state index is 0.254. The summed E-state index contributed by atoms with van der Waals surface area (Å²) < 4.78 is 0. The molecule has 6 nitrogen and oxygen atoms in total. The Morgan fingerprint density at radius 1 is 0.727 bits per heavy atom. The standard InChI is InChI=1S/C16H30N4O2/c1-5-13(3)19-15(21)17-11-9-7-8-10-12-18-16(22)20-14(4)6-2/h5-12H2,1-4H3,(H,17,21)(H,18,22)/b19-13+,20-14+. The van der Waals surface area contributed by atoms with Crippen LogP contribution in [-0.2, 0) is 0 Å². The zero-order valence-corrected chi connectivity index (χ0v) is 14.4. The van der Waals surface area contributed by atoms with Gasteiger partial charge in [0.25, 0.3) is 0 Å². The van der Waals surface area contributed by atoms with Crippen LogP contribution >= 0.6 is 0 Å². The zero-order chi connectivity index (χ0) is 16.8. The van der Waals surface area contributed by atoms with E-state index >= 15 is 0 Å². The fourth-order valence-corrected chi connectivity index (χ4v) is 1.58. The Labute approximate surface area is 133 Å². The van der Waals surface area contributed by atoms with Crippen molar-refractivity contribution in [3.63, 3.8) is 0 Å². The van der Waals surface area contributed by atoms with Crippen molar-refractivity contribution in [2.24, 2.45) is 9.98 Å². The molecule has 2 N–H and O–H groups in total. The molecule has 0 bridgehead atoms. The molecular weight excluding hydrogens is 280 g/mol. The lowest BCUT2D eigenvalue weighted by molar-refractivity contribution is 0.247. The molecule has 0 unspecified atom stereocenters. The second-order valence-electron chi connectivity index (χ2n) is 5.28. The lowest BCUT2D eigenvalue weighted by Gasteiger charge is -2.04. The second-order valence-corrected chi connectivity index (χ2v) is 5.28. The summed E-state index contributed by atoms with van der Waals surface area (Å²) in [5.41, 5.74) is 1.68. The smallest absolute Gasteiger partial charge is 0.336 e. The van der Waals surface area contributed by atoms with Crippen LogP contribution in [0.4, 0.5) is 9.59 Å². The Kier molecular flexibility index (Phi) is 12.0. The van der Waals surface area contributed by atoms with E-state index in [1.54, 1.807) is 0 Å². The van der Waals surface area contributed by atoms with Crippen molar-refractivity contribution in [3.05, 3.63) is 0 Å². The number of hydrogen-bond acceptors (Lipinski definition) is 2. The highest BCUT2D eigenvalue weighted by molar-refractivity contribution is 5.93. The van der Waals surface area contributed by atoms with Crippen LogP contribution in [0.1, 0.15) is 66.2 Å². The van der Waals surface area contributed by atoms with Gasteiger partial charge in [0.05, 0.1) is 0 Å². The van der Waals surface area contributed by atoms with Gasteiger partial charge in [0.1, 0.15) is 0 Å². The molecule has 4 amide bonds. The predicted molar refractivity (Wildman–Crippen MR) is 92.1 cm³/mol. The molecule has 126 valence electrons. The maximum Gasteiger partial charge on any atom is 0.340 e. The molecule has 0 saturated heterocycles. The van der Waals surface area contributed by atoms with Gasteiger partial charge in [-0.15, -0.1) is 0 Å². The number of rotatable bonds is 9. The largest absolute Gasteiger partial charge is 0.340 e. The van der Waals surface area contributed by atoms with Gasteiger partial charge < -0.3 is 10.6 Å². The Balaban J connectivity index is 3.52. The van der Waals surface area contributed by atoms with Crippen LogP contribution in [0.2, 0.25) is 0 Å². The van der Waals surface area contributed by atoms with Crippen molar-refractivity contribution in [1.82, 2.24) is 10.6 Å². The summed E-state index contributed by atoms with van der Waals surface area (Å²) in [6.45, 7) is 8.93. The number of hydrogen-bond donors (Lipinski definition) is 2. The third-order valence-electron chi connectivity index (χ3n) is 3.26. The summed E-state index contributed by atoms with van der Waals surface area (Å²) in [7, 11) is 0. The molecule has 0 radical (unpaired) electrons. The quantitative estimate of drug-likeness (QED) is 0.502. The minimum atomic E-state index is -0.254. The lowest BCUT2D eigenvalue weighted by atomic mass is 10.2. The second kappa shape index (κ2) is 13.0. The van der Waals surface area contributed by atoms with Crippen LogP contribution in [-0.4, -0.2) is 36.6 Å². The predicted octanol–water partition coefficient (Wildman–Crippen LogP) is 3.71. The molecule has 0 aromatic heterocycles. The highest BCUT2D eigenvalue weighted by atomic mass is 16.2. The van der Waals surface area contributed by atoms with E-state index in [0.29, 0.717) is 13.1 Å². The molecule has 22 heavy (non-hydrogen) atoms. The summed E-state index contributed by atoms with van der Waals surface area (Å²) in [5.74, 6) is 0. The molecule has 0 heterocycles. The van der Waals surface area contributed by atoms with Crippen LogP contribution in [0.3, 0.4) is 0 Å². The number of nitrogens with zero attached hydrogens (tertiary/aromatic N) is 2. The number of nitrogens with one attached hydrogen (secondary N) is 2. The average Bonchev–Trinajstić information content (AvgIpc) is 2.49. The van der Waals surface area contributed by atoms with Gasteiger partial charge in [-0.05, 0) is 39.5 Å². The molecule has 0 aliphatic rings. The fraction of sp³-hybridized carbons (Fsp3) is 0.750. The molecule has 0 rings (SSSR count). The first-order valence-corrected chi connectivity index (χ1v) is 8.13. The van der Waals surface area contributed by atoms with Crippen molar-refractivity contribution in [2.75, 3.05) is 13.1 Å². The molecule has 0 aliphatic heterocycles. The first-order chi connectivity index (χ1) is 10.5. The van der Waals surface area contributed by atoms with Crippen LogP contribution in [0.5, 0.6) is 0 Å². The third kappa shape index (κ3) is 12.1. The molecular formula is C16H30N4O2. The molecule has 0 fully saturated rings. The van der Waals surface area contributed by atoms with E-state index in [-0.39, 0.29) is 12.1 Å². The van der Waals surface area contributed by atoms with E-state index < -0.39 is 0 Å². The number of unbranched alkanes of at least 4 members (excludes halogenated alkanes) is 3. The highest BCUT2D eigenvalue weighted by Crippen LogP contribution is 1.98. The van der Waals surface area contributed by atoms with Crippen molar-refractivity contribution >= 4 is 23.5 Å². The normalized spacial score (nSPS) is 12.2. The maximum absolute atomic E-state index is 11.4. The topological polar surface area (TPSA) is 82.9 Å². The summed E-state index contributed by atoms with van der Waals surface area (Å²) in [5, 5.41) is 5.54. The Hall–Kier alpha value is -1.72. The lowest BCUT2D eigenvalue weighted by Crippen LogP contribution is -2.22. The van der Waals surface area contributed by atoms with E-state index in [0.717, 1.165) is 49.9 Å². The van der Waals surface area contributed by atoms with Crippen molar-refractivity contribution in [1.29, 1.82) is 0 Å². The summed E-state index contributed by atoms with van der Waals surface area (Å²) in [4.78, 5) is 30.6. The van der Waals surface area contributed by atoms with E-state index in [1.807, 2.05) is 27.7 Å². The molecule has 0 saturated carbocycles. The summed E-state index contributed by atoms with van der Waals surface area (Å²) in [6.07, 6.45) is 5.47. The van der Waals surface area contributed by atoms with Crippen LogP contribution in [0.15, 0.2) is 9.98 Å². The summed E-state index contributed by atoms with van der Waals surface area (Å²) in [6, 6.07) is -0.508. The molecule has 0 aliphatic carbocycles. The van der Waals surface area contributed by atoms with E-state index in [9.17, 15) is 9.59 Å². The first-order valence-electron chi connectivity index (χ1n) is 8.13. The van der Waals surface area contributed by atoms with Gasteiger partial charge in [-0.25, -0.2) is 19.6 Å². The number of aliphatic imine (C=N–C) groups is 2. The highest BCUT2D eigenvalue weighted by Gasteiger charge is 1.99. The van der Waals surface area contributed by atoms with Gasteiger partial charge in [0, 0.05) is 24.5 Å². The number of carbonyl (C=O) groups excluding carboxylic acids is 2. The molecule has 6 heteroatoms. The van der Waals surface area contributed by atoms with Gasteiger partial charge >= 0.3 is 12.1 Å². The maximum atomic E-state index is 11.4. The number of urea groups is 2. The Morgan fingerprint density at radius 3 is 1.41 bits per heavy atom. The van der Waals surface area contributed by atoms with Crippen LogP contribution in [0.25, 0.3) is 0 Å². The number of amides is 4. The van der Waals surface area contributed by atoms with Gasteiger partial charge in [-0.2, -0.15) is 0 Å². The van der Waals surface area contributed by atoms with Crippen LogP contribution < -0.4 is 10.6 Å². The van der Waals surface area contributed by atoms with Gasteiger partial charge in [-0.1, -0.05) is 26.7 Å².